The lowest BCUT2D eigenvalue weighted by molar-refractivity contribution is -0.125. The number of pyridine rings is 1. The number of aryl methyl sites for hydroxylation is 2. The van der Waals surface area contributed by atoms with Crippen molar-refractivity contribution in [3.63, 3.8) is 0 Å². The molecule has 0 bridgehead atoms. The van der Waals surface area contributed by atoms with Crippen molar-refractivity contribution in [3.05, 3.63) is 96.8 Å². The van der Waals surface area contributed by atoms with Gasteiger partial charge in [0.25, 0.3) is 11.1 Å². The summed E-state index contributed by atoms with van der Waals surface area (Å²) in [6, 6.07) is 12.8. The van der Waals surface area contributed by atoms with Gasteiger partial charge in [-0.25, -0.2) is 13.9 Å². The Balaban J connectivity index is 1.42. The average molecular weight is 674 g/mol. The number of anilines is 2. The molecule has 0 radical (unpaired) electrons. The Bertz CT molecular complexity index is 2110. The quantitative estimate of drug-likeness (QED) is 0.117. The number of amides is 2. The number of carbonyl (C=O) groups is 2. The summed E-state index contributed by atoms with van der Waals surface area (Å²) in [6.45, 7) is 4.99. The van der Waals surface area contributed by atoms with Gasteiger partial charge in [0.15, 0.2) is 0 Å². The van der Waals surface area contributed by atoms with Crippen LogP contribution in [0.1, 0.15) is 62.6 Å². The predicted molar refractivity (Wildman–Crippen MR) is 184 cm³/mol. The number of unbranched alkanes of at least 4 members (excludes halogenated alkanes) is 1. The molecule has 14 heteroatoms. The molecule has 1 saturated carbocycles. The number of hydrogen-bond acceptors (Lipinski definition) is 8. The average Bonchev–Trinajstić information content (AvgIpc) is 3.89. The molecule has 5 rings (SSSR count). The van der Waals surface area contributed by atoms with E-state index in [1.807, 2.05) is 6.07 Å². The van der Waals surface area contributed by atoms with E-state index in [9.17, 15) is 28.4 Å². The van der Waals surface area contributed by atoms with Crippen molar-refractivity contribution >= 4 is 46.0 Å². The van der Waals surface area contributed by atoms with E-state index in [1.165, 1.54) is 50.6 Å². The number of hydrogen-bond donors (Lipinski definition) is 2. The summed E-state index contributed by atoms with van der Waals surface area (Å²) in [5.41, 5.74) is 2.80. The molecule has 0 spiro atoms. The molecule has 1 fully saturated rings. The number of nitriles is 1. The number of halogens is 1. The third-order valence-corrected chi connectivity index (χ3v) is 9.10. The zero-order chi connectivity index (χ0) is 34.5. The highest BCUT2D eigenvalue weighted by atomic mass is 32.2. The molecule has 2 aromatic heterocycles. The second-order valence-corrected chi connectivity index (χ2v) is 12.7. The second-order valence-electron chi connectivity index (χ2n) is 11.6. The van der Waals surface area contributed by atoms with Crippen molar-refractivity contribution in [2.75, 3.05) is 23.0 Å². The molecule has 1 aliphatic rings. The highest BCUT2D eigenvalue weighted by molar-refractivity contribution is 7.97. The first kappa shape index (κ1) is 34.2. The Morgan fingerprint density at radius 3 is 2.54 bits per heavy atom. The van der Waals surface area contributed by atoms with Crippen LogP contribution in [0.3, 0.4) is 0 Å². The lowest BCUT2D eigenvalue weighted by Gasteiger charge is -2.18. The summed E-state index contributed by atoms with van der Waals surface area (Å²) in [6.07, 6.45) is 4.35. The summed E-state index contributed by atoms with van der Waals surface area (Å²) in [5.74, 6) is -0.346. The van der Waals surface area contributed by atoms with E-state index in [0.717, 1.165) is 4.68 Å². The number of rotatable bonds is 13. The fourth-order valence-electron chi connectivity index (χ4n) is 5.37. The Morgan fingerprint density at radius 2 is 1.85 bits per heavy atom. The number of carbonyl (C=O) groups excluding carboxylic acids is 2. The first-order valence-electron chi connectivity index (χ1n) is 15.7. The van der Waals surface area contributed by atoms with Gasteiger partial charge in [-0.15, -0.1) is 0 Å². The zero-order valence-corrected chi connectivity index (χ0v) is 27.7. The maximum Gasteiger partial charge on any atom is 0.336 e. The van der Waals surface area contributed by atoms with Crippen LogP contribution in [0.4, 0.5) is 15.8 Å². The van der Waals surface area contributed by atoms with Crippen molar-refractivity contribution in [2.45, 2.75) is 65.3 Å². The molecular formula is C34H36FN7O5S. The van der Waals surface area contributed by atoms with Crippen LogP contribution >= 0.6 is 11.9 Å². The van der Waals surface area contributed by atoms with Gasteiger partial charge in [0, 0.05) is 42.1 Å². The van der Waals surface area contributed by atoms with Crippen LogP contribution in [0.15, 0.2) is 63.0 Å². The lowest BCUT2D eigenvalue weighted by Crippen LogP contribution is -2.41. The fourth-order valence-corrected chi connectivity index (χ4v) is 6.35. The second kappa shape index (κ2) is 14.7. The SMILES string of the molecule is CCC(=O)N(CC#N)SCCCCC(=O)Nc1cccc(-n2c(=O)n(C3CC3)c(=O)c3cn(Nc4ccc(C)cc4F)c(=O)c(C)c32)c1. The van der Waals surface area contributed by atoms with E-state index >= 15 is 0 Å². The molecular weight excluding hydrogens is 637 g/mol. The molecule has 2 heterocycles. The number of nitrogens with one attached hydrogen (secondary N) is 2. The maximum atomic E-state index is 14.7. The van der Waals surface area contributed by atoms with E-state index in [0.29, 0.717) is 54.8 Å². The minimum Gasteiger partial charge on any atom is -0.326 e. The van der Waals surface area contributed by atoms with E-state index in [2.05, 4.69) is 10.7 Å². The molecule has 250 valence electrons. The van der Waals surface area contributed by atoms with Gasteiger partial charge in [-0.2, -0.15) is 5.26 Å². The number of benzene rings is 2. The molecule has 0 saturated heterocycles. The molecule has 12 nitrogen and oxygen atoms in total. The largest absolute Gasteiger partial charge is 0.336 e. The Labute approximate surface area is 279 Å². The monoisotopic (exact) mass is 673 g/mol. The van der Waals surface area contributed by atoms with Crippen LogP contribution in [0, 0.1) is 31.0 Å². The van der Waals surface area contributed by atoms with Gasteiger partial charge in [0.1, 0.15) is 12.4 Å². The minimum absolute atomic E-state index is 0.00466. The highest BCUT2D eigenvalue weighted by Crippen LogP contribution is 2.33. The summed E-state index contributed by atoms with van der Waals surface area (Å²) in [4.78, 5) is 65.9. The first-order valence-corrected chi connectivity index (χ1v) is 16.7. The van der Waals surface area contributed by atoms with Gasteiger partial charge < -0.3 is 5.32 Å². The van der Waals surface area contributed by atoms with Gasteiger partial charge >= 0.3 is 5.69 Å². The molecule has 48 heavy (non-hydrogen) atoms. The van der Waals surface area contributed by atoms with Crippen molar-refractivity contribution in [1.29, 1.82) is 5.26 Å². The molecule has 2 N–H and O–H groups in total. The van der Waals surface area contributed by atoms with E-state index in [1.54, 1.807) is 44.2 Å². The van der Waals surface area contributed by atoms with Crippen molar-refractivity contribution in [1.82, 2.24) is 18.1 Å². The Hall–Kier alpha value is -5.16. The molecule has 0 atom stereocenters. The molecule has 2 aromatic carbocycles. The van der Waals surface area contributed by atoms with Gasteiger partial charge in [0.05, 0.1) is 28.3 Å². The molecule has 4 aromatic rings. The topological polar surface area (TPSA) is 151 Å². The fraction of sp³-hybridized carbons (Fsp3) is 0.353. The van der Waals surface area contributed by atoms with Gasteiger partial charge in [-0.05, 0) is 87.4 Å². The minimum atomic E-state index is -0.597. The summed E-state index contributed by atoms with van der Waals surface area (Å²) < 4.78 is 19.7. The lowest BCUT2D eigenvalue weighted by atomic mass is 10.2. The van der Waals surface area contributed by atoms with E-state index in [-0.39, 0.29) is 53.0 Å². The number of aromatic nitrogens is 3. The summed E-state index contributed by atoms with van der Waals surface area (Å²) in [5, 5.41) is 11.9. The zero-order valence-electron chi connectivity index (χ0n) is 26.9. The molecule has 0 unspecified atom stereocenters. The third kappa shape index (κ3) is 7.36. The highest BCUT2D eigenvalue weighted by Gasteiger charge is 2.30. The standard InChI is InChI=1S/C34H36FN7O5S/c1-4-30(44)40(16-15-36)48-17-6-5-10-29(43)37-23-8-7-9-25(19-23)41-31-22(3)32(45)39(38-28-14-11-21(2)18-27(28)35)20-26(31)33(46)42(34(41)47)24-12-13-24/h7-9,11,14,18-20,24,38H,4-6,10,12-13,16-17H2,1-3H3,(H,37,43). The molecule has 0 aliphatic heterocycles. The number of nitrogens with zero attached hydrogens (tertiary/aromatic N) is 5. The van der Waals surface area contributed by atoms with Crippen LogP contribution in [0.25, 0.3) is 16.6 Å². The van der Waals surface area contributed by atoms with Gasteiger partial charge in [-0.1, -0.05) is 19.1 Å². The van der Waals surface area contributed by atoms with Crippen molar-refractivity contribution in [3.8, 4) is 11.8 Å². The molecule has 2 amide bonds. The van der Waals surface area contributed by atoms with Crippen molar-refractivity contribution in [2.24, 2.45) is 0 Å². The summed E-state index contributed by atoms with van der Waals surface area (Å²) >= 11 is 1.28. The van der Waals surface area contributed by atoms with Crippen LogP contribution in [0.2, 0.25) is 0 Å². The Morgan fingerprint density at radius 1 is 1.08 bits per heavy atom. The van der Waals surface area contributed by atoms with E-state index in [4.69, 9.17) is 5.26 Å². The van der Waals surface area contributed by atoms with E-state index < -0.39 is 22.6 Å². The maximum absolute atomic E-state index is 14.7. The summed E-state index contributed by atoms with van der Waals surface area (Å²) in [7, 11) is 0. The van der Waals surface area contributed by atoms with Crippen LogP contribution in [0.5, 0.6) is 0 Å². The normalized spacial score (nSPS) is 12.5. The number of fused-ring (bicyclic) bond motifs is 1. The van der Waals surface area contributed by atoms with Gasteiger partial charge in [-0.3, -0.25) is 38.0 Å². The van der Waals surface area contributed by atoms with Crippen LogP contribution in [-0.4, -0.2) is 42.2 Å². The van der Waals surface area contributed by atoms with Crippen LogP contribution < -0.4 is 27.6 Å². The van der Waals surface area contributed by atoms with Crippen molar-refractivity contribution < 1.29 is 14.0 Å². The predicted octanol–water partition coefficient (Wildman–Crippen LogP) is 4.80. The van der Waals surface area contributed by atoms with Gasteiger partial charge in [0.2, 0.25) is 11.8 Å². The molecule has 1 aliphatic carbocycles. The third-order valence-electron chi connectivity index (χ3n) is 7.98. The first-order chi connectivity index (χ1) is 23.0. The smallest absolute Gasteiger partial charge is 0.326 e. The van der Waals surface area contributed by atoms with Crippen LogP contribution in [-0.2, 0) is 9.59 Å². The Kier molecular flexibility index (Phi) is 10.5.